The quantitative estimate of drug-likeness (QED) is 0.407. The summed E-state index contributed by atoms with van der Waals surface area (Å²) in [6, 6.07) is 13.2. The summed E-state index contributed by atoms with van der Waals surface area (Å²) in [6.45, 7) is 2.75. The molecule has 1 aliphatic carbocycles. The highest BCUT2D eigenvalue weighted by molar-refractivity contribution is 5.98. The molecule has 1 fully saturated rings. The third kappa shape index (κ3) is 3.98. The van der Waals surface area contributed by atoms with Gasteiger partial charge in [-0.15, -0.1) is 0 Å². The fourth-order valence-corrected chi connectivity index (χ4v) is 5.81. The Kier molecular flexibility index (Phi) is 5.33. The molecule has 0 spiro atoms. The van der Waals surface area contributed by atoms with Crippen molar-refractivity contribution < 1.29 is 18.7 Å². The van der Waals surface area contributed by atoms with Gasteiger partial charge in [0.25, 0.3) is 5.91 Å². The largest absolute Gasteiger partial charge is 0.488 e. The minimum atomic E-state index is -0.572. The average Bonchev–Trinajstić information content (AvgIpc) is 3.70. The maximum Gasteiger partial charge on any atom is 0.255 e. The number of fused-ring (bicyclic) bond motifs is 3. The molecule has 196 valence electrons. The Labute approximate surface area is 224 Å². The van der Waals surface area contributed by atoms with E-state index in [1.165, 1.54) is 17.2 Å². The second-order valence-corrected chi connectivity index (χ2v) is 10.6. The number of rotatable bonds is 4. The number of aromatic nitrogens is 2. The summed E-state index contributed by atoms with van der Waals surface area (Å²) in [6.07, 6.45) is 8.09. The van der Waals surface area contributed by atoms with Gasteiger partial charge >= 0.3 is 0 Å². The number of imidazole rings is 1. The van der Waals surface area contributed by atoms with Gasteiger partial charge < -0.3 is 19.8 Å². The molecule has 39 heavy (non-hydrogen) atoms. The van der Waals surface area contributed by atoms with Gasteiger partial charge in [-0.25, -0.2) is 9.37 Å². The molecule has 7 nitrogen and oxygen atoms in total. The zero-order valence-corrected chi connectivity index (χ0v) is 21.5. The van der Waals surface area contributed by atoms with Gasteiger partial charge in [0.2, 0.25) is 5.91 Å². The third-order valence-electron chi connectivity index (χ3n) is 8.10. The molecule has 2 aliphatic heterocycles. The van der Waals surface area contributed by atoms with Crippen LogP contribution >= 0.6 is 0 Å². The van der Waals surface area contributed by atoms with E-state index in [-0.39, 0.29) is 18.6 Å². The number of amides is 2. The van der Waals surface area contributed by atoms with E-state index in [9.17, 15) is 9.59 Å². The first-order valence-electron chi connectivity index (χ1n) is 13.3. The fourth-order valence-electron chi connectivity index (χ4n) is 5.81. The number of hydrogen-bond acceptors (Lipinski definition) is 4. The van der Waals surface area contributed by atoms with Crippen LogP contribution in [0.15, 0.2) is 60.4 Å². The van der Waals surface area contributed by atoms with Crippen molar-refractivity contribution in [2.75, 3.05) is 13.2 Å². The molecule has 4 heterocycles. The van der Waals surface area contributed by atoms with E-state index in [1.54, 1.807) is 24.5 Å². The maximum absolute atomic E-state index is 15.2. The standard InChI is InChI=1S/C31H27FN4O3/c1-17-23-5-3-2-4-18(23)8-9-36(17)31(38)21-12-24(19-6-7-19)30-34-27(15-35(30)14-21)25-11-20-10-22(29(33)37)16-39-28(20)13-26(25)32/h2-5,10-15,17,19H,6-9,16H2,1H3,(H2,33,37)/t17-/m1/s1. The molecule has 0 saturated heterocycles. The summed E-state index contributed by atoms with van der Waals surface area (Å²) < 4.78 is 22.6. The van der Waals surface area contributed by atoms with Gasteiger partial charge in [-0.2, -0.15) is 0 Å². The molecule has 0 bridgehead atoms. The number of halogens is 1. The van der Waals surface area contributed by atoms with Crippen molar-refractivity contribution in [2.24, 2.45) is 5.73 Å². The van der Waals surface area contributed by atoms with Crippen LogP contribution in [0.3, 0.4) is 0 Å². The fraction of sp³-hybridized carbons (Fsp3) is 0.258. The first-order valence-corrected chi connectivity index (χ1v) is 13.3. The van der Waals surface area contributed by atoms with Crippen LogP contribution < -0.4 is 10.5 Å². The van der Waals surface area contributed by atoms with Crippen LogP contribution in [0.2, 0.25) is 0 Å². The number of hydrogen-bond donors (Lipinski definition) is 1. The summed E-state index contributed by atoms with van der Waals surface area (Å²) in [5, 5.41) is 0. The monoisotopic (exact) mass is 522 g/mol. The number of carbonyl (C=O) groups excluding carboxylic acids is 2. The average molecular weight is 523 g/mol. The molecule has 8 heteroatoms. The third-order valence-corrected chi connectivity index (χ3v) is 8.10. The lowest BCUT2D eigenvalue weighted by Crippen LogP contribution is -2.39. The first kappa shape index (κ1) is 23.6. The van der Waals surface area contributed by atoms with Crippen molar-refractivity contribution in [3.63, 3.8) is 0 Å². The van der Waals surface area contributed by atoms with Crippen LogP contribution in [-0.4, -0.2) is 39.3 Å². The lowest BCUT2D eigenvalue weighted by Gasteiger charge is -2.35. The maximum atomic E-state index is 15.2. The second-order valence-electron chi connectivity index (χ2n) is 10.6. The van der Waals surface area contributed by atoms with Gasteiger partial charge in [0.1, 0.15) is 23.8 Å². The number of benzene rings is 2. The van der Waals surface area contributed by atoms with Crippen LogP contribution in [0.1, 0.15) is 64.3 Å². The summed E-state index contributed by atoms with van der Waals surface area (Å²) >= 11 is 0. The topological polar surface area (TPSA) is 89.9 Å². The minimum absolute atomic E-state index is 0.0122. The number of nitrogens with zero attached hydrogens (tertiary/aromatic N) is 3. The van der Waals surface area contributed by atoms with Gasteiger partial charge in [-0.1, -0.05) is 24.3 Å². The Morgan fingerprint density at radius 2 is 1.92 bits per heavy atom. The molecular formula is C31H27FN4O3. The van der Waals surface area contributed by atoms with E-state index in [0.29, 0.717) is 46.2 Å². The van der Waals surface area contributed by atoms with Crippen molar-refractivity contribution in [1.82, 2.24) is 14.3 Å². The first-order chi connectivity index (χ1) is 18.9. The number of pyridine rings is 1. The van der Waals surface area contributed by atoms with E-state index >= 15 is 4.39 Å². The van der Waals surface area contributed by atoms with Crippen molar-refractivity contribution in [1.29, 1.82) is 0 Å². The van der Waals surface area contributed by atoms with Crippen molar-refractivity contribution in [3.05, 3.63) is 94.1 Å². The Balaban J connectivity index is 1.29. The Morgan fingerprint density at radius 3 is 2.72 bits per heavy atom. The smallest absolute Gasteiger partial charge is 0.255 e. The number of nitrogens with two attached hydrogens (primary N) is 1. The summed E-state index contributed by atoms with van der Waals surface area (Å²) in [4.78, 5) is 32.2. The van der Waals surface area contributed by atoms with Gasteiger partial charge in [-0.05, 0) is 67.0 Å². The molecule has 1 atom stereocenters. The summed E-state index contributed by atoms with van der Waals surface area (Å²) in [5.74, 6) is -0.376. The summed E-state index contributed by atoms with van der Waals surface area (Å²) in [5.41, 5.74) is 11.9. The molecule has 0 radical (unpaired) electrons. The highest BCUT2D eigenvalue weighted by Crippen LogP contribution is 2.43. The molecule has 3 aliphatic rings. The van der Waals surface area contributed by atoms with Crippen LogP contribution in [0.25, 0.3) is 23.0 Å². The van der Waals surface area contributed by atoms with E-state index in [1.807, 2.05) is 27.5 Å². The zero-order chi connectivity index (χ0) is 26.8. The Hall–Kier alpha value is -4.46. The predicted molar refractivity (Wildman–Crippen MR) is 145 cm³/mol. The van der Waals surface area contributed by atoms with Crippen molar-refractivity contribution in [3.8, 4) is 17.0 Å². The molecular weight excluding hydrogens is 495 g/mol. The highest BCUT2D eigenvalue weighted by Gasteiger charge is 2.32. The molecule has 7 rings (SSSR count). The Bertz CT molecular complexity index is 1720. The molecule has 2 aromatic carbocycles. The second kappa shape index (κ2) is 8.80. The molecule has 2 amide bonds. The zero-order valence-electron chi connectivity index (χ0n) is 21.5. The minimum Gasteiger partial charge on any atom is -0.488 e. The van der Waals surface area contributed by atoms with E-state index < -0.39 is 11.7 Å². The predicted octanol–water partition coefficient (Wildman–Crippen LogP) is 5.04. The van der Waals surface area contributed by atoms with Gasteiger partial charge in [0.15, 0.2) is 0 Å². The van der Waals surface area contributed by atoms with E-state index in [4.69, 9.17) is 15.5 Å². The molecule has 0 unspecified atom stereocenters. The van der Waals surface area contributed by atoms with E-state index in [0.717, 1.165) is 30.5 Å². The summed E-state index contributed by atoms with van der Waals surface area (Å²) in [7, 11) is 0. The van der Waals surface area contributed by atoms with Gasteiger partial charge in [0.05, 0.1) is 22.9 Å². The number of carbonyl (C=O) groups is 2. The molecule has 1 saturated carbocycles. The molecule has 4 aromatic rings. The van der Waals surface area contributed by atoms with E-state index in [2.05, 4.69) is 19.1 Å². The molecule has 2 aromatic heterocycles. The van der Waals surface area contributed by atoms with Gasteiger partial charge in [0, 0.05) is 36.1 Å². The number of ether oxygens (including phenoxy) is 1. The van der Waals surface area contributed by atoms with Crippen molar-refractivity contribution in [2.45, 2.75) is 38.1 Å². The van der Waals surface area contributed by atoms with Gasteiger partial charge in [-0.3, -0.25) is 9.59 Å². The normalized spacial score (nSPS) is 18.3. The lowest BCUT2D eigenvalue weighted by atomic mass is 9.93. The number of primary amides is 1. The molecule has 2 N–H and O–H groups in total. The van der Waals surface area contributed by atoms with Crippen LogP contribution in [0, 0.1) is 5.82 Å². The van der Waals surface area contributed by atoms with Crippen LogP contribution in [-0.2, 0) is 11.2 Å². The van der Waals surface area contributed by atoms with Crippen molar-refractivity contribution >= 4 is 23.5 Å². The lowest BCUT2D eigenvalue weighted by molar-refractivity contribution is -0.114. The highest BCUT2D eigenvalue weighted by atomic mass is 19.1. The van der Waals surface area contributed by atoms with Crippen LogP contribution in [0.5, 0.6) is 5.75 Å². The SMILES string of the molecule is C[C@@H]1c2ccccc2CCN1C(=O)c1cc(C2CC2)c2nc(-c3cc4c(cc3F)OCC(C(N)=O)=C4)cn2c1. The Morgan fingerprint density at radius 1 is 1.10 bits per heavy atom. The van der Waals surface area contributed by atoms with Crippen LogP contribution in [0.4, 0.5) is 4.39 Å².